The highest BCUT2D eigenvalue weighted by molar-refractivity contribution is 5.73. The molecular weight excluding hydrogens is 302 g/mol. The second-order valence-corrected chi connectivity index (χ2v) is 8.35. The topological polar surface area (TPSA) is 26.0 Å². The third-order valence-corrected chi connectivity index (χ3v) is 6.53. The molecule has 1 nitrogen and oxygen atoms in total. The molecule has 3 atom stereocenters. The molecule has 0 bridgehead atoms. The van der Waals surface area contributed by atoms with Crippen molar-refractivity contribution in [1.29, 1.82) is 0 Å². The lowest BCUT2D eigenvalue weighted by Gasteiger charge is -2.34. The van der Waals surface area contributed by atoms with Crippen LogP contribution in [-0.2, 0) is 6.42 Å². The molecule has 2 aliphatic rings. The second-order valence-electron chi connectivity index (χ2n) is 8.35. The lowest BCUT2D eigenvalue weighted by atomic mass is 9.73. The predicted octanol–water partition coefficient (Wildman–Crippen LogP) is 6.24. The first kappa shape index (κ1) is 18.5. The summed E-state index contributed by atoms with van der Waals surface area (Å²) in [4.78, 5) is 0. The molecule has 0 radical (unpaired) electrons. The van der Waals surface area contributed by atoms with E-state index < -0.39 is 0 Å². The number of nitrogens with two attached hydrogens (primary N) is 1. The van der Waals surface area contributed by atoms with Crippen LogP contribution in [0.1, 0.15) is 81.4 Å². The van der Waals surface area contributed by atoms with Crippen molar-refractivity contribution in [2.24, 2.45) is 17.6 Å². The third kappa shape index (κ3) is 3.77. The summed E-state index contributed by atoms with van der Waals surface area (Å²) in [5, 5.41) is 0. The molecule has 0 aromatic heterocycles. The Morgan fingerprint density at radius 1 is 1.12 bits per heavy atom. The Morgan fingerprint density at radius 2 is 1.84 bits per heavy atom. The molecule has 1 aromatic rings. The average Bonchev–Trinajstić information content (AvgIpc) is 2.91. The standard InChI is InChI=1S/C24H35N/c1-5-7-18(8-6-2)19-10-12-21-17(4)23(15-20(21)14-19)22-11-9-16(3)13-24(22)25/h10,12,14,18,22-24H,3-9,11,13,15,25H2,1-2H3. The van der Waals surface area contributed by atoms with E-state index in [1.165, 1.54) is 59.9 Å². The smallest absolute Gasteiger partial charge is 0.0110 e. The Labute approximate surface area is 154 Å². The van der Waals surface area contributed by atoms with Crippen molar-refractivity contribution < 1.29 is 0 Å². The van der Waals surface area contributed by atoms with E-state index in [4.69, 9.17) is 5.73 Å². The molecule has 0 saturated heterocycles. The van der Waals surface area contributed by atoms with Crippen LogP contribution < -0.4 is 5.73 Å². The number of benzene rings is 1. The Bertz CT molecular complexity index is 635. The van der Waals surface area contributed by atoms with Crippen LogP contribution >= 0.6 is 0 Å². The van der Waals surface area contributed by atoms with Gasteiger partial charge in [0, 0.05) is 6.04 Å². The van der Waals surface area contributed by atoms with Gasteiger partial charge in [-0.15, -0.1) is 0 Å². The van der Waals surface area contributed by atoms with Gasteiger partial charge in [0.1, 0.15) is 0 Å². The van der Waals surface area contributed by atoms with Crippen molar-refractivity contribution >= 4 is 5.57 Å². The SMILES string of the molecule is C=C1CCC(C2Cc3cc(C(CCC)CCC)ccc3C2=C)C(N)C1. The monoisotopic (exact) mass is 337 g/mol. The van der Waals surface area contributed by atoms with Gasteiger partial charge in [0.05, 0.1) is 0 Å². The van der Waals surface area contributed by atoms with Crippen molar-refractivity contribution in [1.82, 2.24) is 0 Å². The fourth-order valence-electron chi connectivity index (χ4n) is 5.17. The van der Waals surface area contributed by atoms with Crippen LogP contribution in [0.2, 0.25) is 0 Å². The van der Waals surface area contributed by atoms with Crippen LogP contribution in [0.15, 0.2) is 36.9 Å². The molecule has 1 fully saturated rings. The maximum atomic E-state index is 6.50. The van der Waals surface area contributed by atoms with E-state index >= 15 is 0 Å². The van der Waals surface area contributed by atoms with Crippen molar-refractivity contribution in [2.75, 3.05) is 0 Å². The van der Waals surface area contributed by atoms with Gasteiger partial charge in [-0.3, -0.25) is 0 Å². The highest BCUT2D eigenvalue weighted by Crippen LogP contribution is 2.46. The Hall–Kier alpha value is -1.34. The maximum Gasteiger partial charge on any atom is 0.0110 e. The summed E-state index contributed by atoms with van der Waals surface area (Å²) in [6.45, 7) is 13.2. The second kappa shape index (κ2) is 7.91. The zero-order valence-electron chi connectivity index (χ0n) is 16.2. The summed E-state index contributed by atoms with van der Waals surface area (Å²) in [5.41, 5.74) is 13.6. The fourth-order valence-corrected chi connectivity index (χ4v) is 5.17. The van der Waals surface area contributed by atoms with Crippen LogP contribution in [0.25, 0.3) is 5.57 Å². The minimum atomic E-state index is 0.254. The minimum Gasteiger partial charge on any atom is -0.327 e. The minimum absolute atomic E-state index is 0.254. The lowest BCUT2D eigenvalue weighted by Crippen LogP contribution is -2.38. The highest BCUT2D eigenvalue weighted by Gasteiger charge is 2.37. The molecule has 2 N–H and O–H groups in total. The van der Waals surface area contributed by atoms with Crippen molar-refractivity contribution in [3.63, 3.8) is 0 Å². The molecule has 0 spiro atoms. The molecule has 0 amide bonds. The van der Waals surface area contributed by atoms with E-state index in [2.05, 4.69) is 45.2 Å². The molecule has 1 heteroatoms. The number of rotatable bonds is 6. The highest BCUT2D eigenvalue weighted by atomic mass is 14.7. The molecule has 1 saturated carbocycles. The molecule has 0 heterocycles. The van der Waals surface area contributed by atoms with Gasteiger partial charge in [0.2, 0.25) is 0 Å². The number of allylic oxidation sites excluding steroid dienone is 1. The summed E-state index contributed by atoms with van der Waals surface area (Å²) >= 11 is 0. The zero-order valence-corrected chi connectivity index (χ0v) is 16.2. The summed E-state index contributed by atoms with van der Waals surface area (Å²) < 4.78 is 0. The average molecular weight is 338 g/mol. The van der Waals surface area contributed by atoms with E-state index in [0.29, 0.717) is 17.8 Å². The third-order valence-electron chi connectivity index (χ3n) is 6.53. The number of fused-ring (bicyclic) bond motifs is 1. The summed E-state index contributed by atoms with van der Waals surface area (Å²) in [6.07, 6.45) is 9.57. The van der Waals surface area contributed by atoms with Gasteiger partial charge in [-0.1, -0.05) is 63.6 Å². The summed E-state index contributed by atoms with van der Waals surface area (Å²) in [5.74, 6) is 1.81. The molecule has 0 aliphatic heterocycles. The van der Waals surface area contributed by atoms with E-state index in [9.17, 15) is 0 Å². The first-order chi connectivity index (χ1) is 12.0. The molecule has 1 aromatic carbocycles. The molecule has 3 unspecified atom stereocenters. The van der Waals surface area contributed by atoms with E-state index in [1.54, 1.807) is 0 Å². The quantitative estimate of drug-likeness (QED) is 0.611. The van der Waals surface area contributed by atoms with Crippen LogP contribution in [0.3, 0.4) is 0 Å². The molecular formula is C24H35N. The Morgan fingerprint density at radius 3 is 2.48 bits per heavy atom. The van der Waals surface area contributed by atoms with Gasteiger partial charge >= 0.3 is 0 Å². The first-order valence-electron chi connectivity index (χ1n) is 10.3. The van der Waals surface area contributed by atoms with Crippen LogP contribution in [-0.4, -0.2) is 6.04 Å². The van der Waals surface area contributed by atoms with Gasteiger partial charge in [-0.05, 0) is 78.5 Å². The normalized spacial score (nSPS) is 26.3. The van der Waals surface area contributed by atoms with Gasteiger partial charge in [-0.2, -0.15) is 0 Å². The summed E-state index contributed by atoms with van der Waals surface area (Å²) in [7, 11) is 0. The largest absolute Gasteiger partial charge is 0.327 e. The lowest BCUT2D eigenvalue weighted by molar-refractivity contribution is 0.288. The number of hydrogen-bond acceptors (Lipinski definition) is 1. The van der Waals surface area contributed by atoms with Crippen molar-refractivity contribution in [2.45, 2.75) is 77.2 Å². The molecule has 25 heavy (non-hydrogen) atoms. The van der Waals surface area contributed by atoms with E-state index in [1.807, 2.05) is 0 Å². The van der Waals surface area contributed by atoms with Gasteiger partial charge in [0.25, 0.3) is 0 Å². The predicted molar refractivity (Wildman–Crippen MR) is 110 cm³/mol. The van der Waals surface area contributed by atoms with E-state index in [0.717, 1.165) is 19.3 Å². The van der Waals surface area contributed by atoms with Crippen LogP contribution in [0, 0.1) is 11.8 Å². The van der Waals surface area contributed by atoms with Crippen molar-refractivity contribution in [3.05, 3.63) is 53.6 Å². The van der Waals surface area contributed by atoms with Crippen molar-refractivity contribution in [3.8, 4) is 0 Å². The van der Waals surface area contributed by atoms with Crippen LogP contribution in [0.5, 0.6) is 0 Å². The van der Waals surface area contributed by atoms with Gasteiger partial charge in [0.15, 0.2) is 0 Å². The maximum absolute atomic E-state index is 6.50. The number of hydrogen-bond donors (Lipinski definition) is 1. The zero-order chi connectivity index (χ0) is 18.0. The molecule has 136 valence electrons. The van der Waals surface area contributed by atoms with Gasteiger partial charge in [-0.25, -0.2) is 0 Å². The Balaban J connectivity index is 1.80. The summed E-state index contributed by atoms with van der Waals surface area (Å²) in [6, 6.07) is 7.46. The Kier molecular flexibility index (Phi) is 5.84. The van der Waals surface area contributed by atoms with Crippen LogP contribution in [0.4, 0.5) is 0 Å². The molecule has 2 aliphatic carbocycles. The first-order valence-corrected chi connectivity index (χ1v) is 10.3. The molecule has 3 rings (SSSR count). The van der Waals surface area contributed by atoms with E-state index in [-0.39, 0.29) is 6.04 Å². The fraction of sp³-hybridized carbons (Fsp3) is 0.583. The van der Waals surface area contributed by atoms with Gasteiger partial charge < -0.3 is 5.73 Å².